The maximum Gasteiger partial charge on any atom is 0.0577 e. The highest BCUT2D eigenvalue weighted by Gasteiger charge is 2.40. The standard InChI is InChI=1S/C17H28N2O/c1-4-17(2,3)15-8-7-14(20)9-16(15)19-11-13(10-18-19)12-5-6-12/h10-12,14-16,20H,4-9H2,1-3H3. The minimum Gasteiger partial charge on any atom is -0.393 e. The molecule has 1 N–H and O–H groups in total. The van der Waals surface area contributed by atoms with E-state index in [1.54, 1.807) is 0 Å². The Kier molecular flexibility index (Phi) is 3.65. The molecular weight excluding hydrogens is 248 g/mol. The lowest BCUT2D eigenvalue weighted by Crippen LogP contribution is -2.38. The molecule has 20 heavy (non-hydrogen) atoms. The van der Waals surface area contributed by atoms with Crippen molar-refractivity contribution in [3.8, 4) is 0 Å². The molecule has 112 valence electrons. The van der Waals surface area contributed by atoms with Crippen LogP contribution in [0.2, 0.25) is 0 Å². The van der Waals surface area contributed by atoms with Crippen molar-refractivity contribution >= 4 is 0 Å². The van der Waals surface area contributed by atoms with Crippen LogP contribution in [0.3, 0.4) is 0 Å². The first-order chi connectivity index (χ1) is 9.51. The van der Waals surface area contributed by atoms with Gasteiger partial charge in [0.15, 0.2) is 0 Å². The molecule has 3 unspecified atom stereocenters. The van der Waals surface area contributed by atoms with Crippen LogP contribution in [0.15, 0.2) is 12.4 Å². The number of aromatic nitrogens is 2. The Hall–Kier alpha value is -0.830. The van der Waals surface area contributed by atoms with Crippen LogP contribution in [0.4, 0.5) is 0 Å². The van der Waals surface area contributed by atoms with E-state index in [0.717, 1.165) is 25.2 Å². The van der Waals surface area contributed by atoms with Crippen molar-refractivity contribution in [3.05, 3.63) is 18.0 Å². The Morgan fingerprint density at radius 2 is 2.05 bits per heavy atom. The Bertz CT molecular complexity index is 461. The highest BCUT2D eigenvalue weighted by atomic mass is 16.3. The summed E-state index contributed by atoms with van der Waals surface area (Å²) in [7, 11) is 0. The summed E-state index contributed by atoms with van der Waals surface area (Å²) < 4.78 is 2.16. The van der Waals surface area contributed by atoms with Crippen LogP contribution in [0.25, 0.3) is 0 Å². The molecule has 0 aromatic carbocycles. The molecule has 3 rings (SSSR count). The molecule has 0 spiro atoms. The van der Waals surface area contributed by atoms with Gasteiger partial charge in [-0.1, -0.05) is 27.2 Å². The fourth-order valence-electron chi connectivity index (χ4n) is 3.75. The quantitative estimate of drug-likeness (QED) is 0.905. The van der Waals surface area contributed by atoms with Crippen molar-refractivity contribution in [2.75, 3.05) is 0 Å². The van der Waals surface area contributed by atoms with Gasteiger partial charge in [0.05, 0.1) is 18.3 Å². The fraction of sp³-hybridized carbons (Fsp3) is 0.824. The van der Waals surface area contributed by atoms with Gasteiger partial charge in [0, 0.05) is 6.20 Å². The molecule has 1 aromatic heterocycles. The molecule has 0 amide bonds. The van der Waals surface area contributed by atoms with Gasteiger partial charge in [0.25, 0.3) is 0 Å². The number of aliphatic hydroxyl groups excluding tert-OH is 1. The minimum atomic E-state index is -0.155. The summed E-state index contributed by atoms with van der Waals surface area (Å²) in [5.41, 5.74) is 1.72. The van der Waals surface area contributed by atoms with Crippen molar-refractivity contribution in [1.29, 1.82) is 0 Å². The van der Waals surface area contributed by atoms with Gasteiger partial charge in [0.1, 0.15) is 0 Å². The van der Waals surface area contributed by atoms with Gasteiger partial charge >= 0.3 is 0 Å². The monoisotopic (exact) mass is 276 g/mol. The summed E-state index contributed by atoms with van der Waals surface area (Å²) in [6.07, 6.45) is 10.9. The molecule has 2 saturated carbocycles. The Balaban J connectivity index is 1.84. The molecule has 3 heteroatoms. The predicted molar refractivity (Wildman–Crippen MR) is 80.7 cm³/mol. The van der Waals surface area contributed by atoms with Crippen LogP contribution in [-0.2, 0) is 0 Å². The van der Waals surface area contributed by atoms with Crippen LogP contribution < -0.4 is 0 Å². The predicted octanol–water partition coefficient (Wildman–Crippen LogP) is 3.90. The summed E-state index contributed by atoms with van der Waals surface area (Å²) >= 11 is 0. The van der Waals surface area contributed by atoms with Crippen LogP contribution in [0.1, 0.15) is 76.8 Å². The number of aliphatic hydroxyl groups is 1. The zero-order chi connectivity index (χ0) is 14.3. The molecule has 1 heterocycles. The maximum atomic E-state index is 10.1. The summed E-state index contributed by atoms with van der Waals surface area (Å²) in [5, 5.41) is 14.7. The van der Waals surface area contributed by atoms with E-state index in [-0.39, 0.29) is 6.10 Å². The van der Waals surface area contributed by atoms with Crippen LogP contribution in [0.5, 0.6) is 0 Å². The smallest absolute Gasteiger partial charge is 0.0577 e. The Morgan fingerprint density at radius 1 is 1.30 bits per heavy atom. The Labute approximate surface area is 122 Å². The average Bonchev–Trinajstić information content (AvgIpc) is 3.16. The number of hydrogen-bond acceptors (Lipinski definition) is 2. The second-order valence-corrected chi connectivity index (χ2v) is 7.51. The summed E-state index contributed by atoms with van der Waals surface area (Å²) in [5.74, 6) is 1.37. The first kappa shape index (κ1) is 14.1. The number of nitrogens with zero attached hydrogens (tertiary/aromatic N) is 2. The van der Waals surface area contributed by atoms with Gasteiger partial charge in [-0.25, -0.2) is 0 Å². The molecule has 3 nitrogen and oxygen atoms in total. The first-order valence-electron chi connectivity index (χ1n) is 8.23. The SMILES string of the molecule is CCC(C)(C)C1CCC(O)CC1n1cc(C2CC2)cn1. The molecule has 0 saturated heterocycles. The molecule has 0 radical (unpaired) electrons. The van der Waals surface area contributed by atoms with Crippen molar-refractivity contribution in [2.45, 2.75) is 77.4 Å². The van der Waals surface area contributed by atoms with Gasteiger partial charge in [0.2, 0.25) is 0 Å². The summed E-state index contributed by atoms with van der Waals surface area (Å²) in [4.78, 5) is 0. The van der Waals surface area contributed by atoms with Gasteiger partial charge in [-0.2, -0.15) is 5.10 Å². The Morgan fingerprint density at radius 3 is 2.70 bits per heavy atom. The van der Waals surface area contributed by atoms with Gasteiger partial charge in [-0.05, 0) is 54.9 Å². The van der Waals surface area contributed by atoms with E-state index in [1.807, 2.05) is 0 Å². The largest absolute Gasteiger partial charge is 0.393 e. The molecule has 1 aromatic rings. The normalized spacial score (nSPS) is 31.5. The molecule has 0 aliphatic heterocycles. The number of rotatable bonds is 4. The summed E-state index contributed by atoms with van der Waals surface area (Å²) in [6.45, 7) is 7.02. The van der Waals surface area contributed by atoms with E-state index >= 15 is 0 Å². The second kappa shape index (κ2) is 5.18. The summed E-state index contributed by atoms with van der Waals surface area (Å²) in [6, 6.07) is 0.362. The average molecular weight is 276 g/mol. The highest BCUT2D eigenvalue weighted by molar-refractivity contribution is 5.17. The molecule has 2 aliphatic rings. The van der Waals surface area contributed by atoms with Gasteiger partial charge < -0.3 is 5.11 Å². The topological polar surface area (TPSA) is 38.0 Å². The lowest BCUT2D eigenvalue weighted by atomic mass is 9.66. The lowest BCUT2D eigenvalue weighted by Gasteiger charge is -2.43. The third kappa shape index (κ3) is 2.65. The van der Waals surface area contributed by atoms with E-state index < -0.39 is 0 Å². The zero-order valence-electron chi connectivity index (χ0n) is 13.0. The van der Waals surface area contributed by atoms with Crippen LogP contribution in [-0.4, -0.2) is 21.0 Å². The van der Waals surface area contributed by atoms with Crippen molar-refractivity contribution in [1.82, 2.24) is 9.78 Å². The van der Waals surface area contributed by atoms with Crippen LogP contribution in [0, 0.1) is 11.3 Å². The van der Waals surface area contributed by atoms with E-state index in [1.165, 1.54) is 24.8 Å². The first-order valence-corrected chi connectivity index (χ1v) is 8.23. The van der Waals surface area contributed by atoms with Gasteiger partial charge in [-0.3, -0.25) is 4.68 Å². The second-order valence-electron chi connectivity index (χ2n) is 7.51. The van der Waals surface area contributed by atoms with Crippen molar-refractivity contribution in [3.63, 3.8) is 0 Å². The molecule has 0 bridgehead atoms. The van der Waals surface area contributed by atoms with E-state index in [2.05, 4.69) is 42.9 Å². The third-order valence-electron chi connectivity index (χ3n) is 5.71. The lowest BCUT2D eigenvalue weighted by molar-refractivity contribution is 0.0171. The molecule has 2 fully saturated rings. The van der Waals surface area contributed by atoms with E-state index in [0.29, 0.717) is 17.4 Å². The van der Waals surface area contributed by atoms with E-state index in [9.17, 15) is 5.11 Å². The molecular formula is C17H28N2O. The maximum absolute atomic E-state index is 10.1. The molecule has 2 aliphatic carbocycles. The fourth-order valence-corrected chi connectivity index (χ4v) is 3.75. The van der Waals surface area contributed by atoms with Gasteiger partial charge in [-0.15, -0.1) is 0 Å². The number of hydrogen-bond donors (Lipinski definition) is 1. The van der Waals surface area contributed by atoms with E-state index in [4.69, 9.17) is 0 Å². The molecule has 3 atom stereocenters. The minimum absolute atomic E-state index is 0.155. The third-order valence-corrected chi connectivity index (χ3v) is 5.71. The van der Waals surface area contributed by atoms with Crippen molar-refractivity contribution in [2.24, 2.45) is 11.3 Å². The zero-order valence-corrected chi connectivity index (χ0v) is 13.0. The van der Waals surface area contributed by atoms with Crippen LogP contribution >= 0.6 is 0 Å². The highest BCUT2D eigenvalue weighted by Crippen LogP contribution is 2.47. The van der Waals surface area contributed by atoms with Crippen molar-refractivity contribution < 1.29 is 5.11 Å².